The standard InChI is InChI=1S/C19H25N3O2S2/c23-18(20-12-16-6-5-10-26-16)19(24)21-13-17(15-7-11-25-14-15)22-8-3-1-2-4-9-22/h5-7,10-11,14,17H,1-4,8-9,12-13H2,(H,20,23)(H,21,24)/t17-/m1/s1. The van der Waals surface area contributed by atoms with Crippen LogP contribution in [0.4, 0.5) is 0 Å². The number of hydrogen-bond acceptors (Lipinski definition) is 5. The molecule has 2 amide bonds. The van der Waals surface area contributed by atoms with Crippen molar-refractivity contribution in [2.45, 2.75) is 38.3 Å². The first-order valence-electron chi connectivity index (χ1n) is 9.08. The summed E-state index contributed by atoms with van der Waals surface area (Å²) in [5.74, 6) is -1.13. The van der Waals surface area contributed by atoms with Gasteiger partial charge in [0.25, 0.3) is 0 Å². The van der Waals surface area contributed by atoms with Crippen molar-refractivity contribution in [1.29, 1.82) is 0 Å². The molecular formula is C19H25N3O2S2. The van der Waals surface area contributed by atoms with Gasteiger partial charge in [-0.2, -0.15) is 11.3 Å². The maximum atomic E-state index is 12.2. The summed E-state index contributed by atoms with van der Waals surface area (Å²) in [4.78, 5) is 27.7. The number of nitrogens with zero attached hydrogens (tertiary/aromatic N) is 1. The molecule has 7 heteroatoms. The van der Waals surface area contributed by atoms with Gasteiger partial charge in [0.1, 0.15) is 0 Å². The lowest BCUT2D eigenvalue weighted by Crippen LogP contribution is -2.44. The molecular weight excluding hydrogens is 366 g/mol. The molecule has 1 aliphatic rings. The second kappa shape index (κ2) is 9.85. The smallest absolute Gasteiger partial charge is 0.309 e. The molecule has 1 atom stereocenters. The topological polar surface area (TPSA) is 61.4 Å². The second-order valence-electron chi connectivity index (χ2n) is 6.49. The van der Waals surface area contributed by atoms with E-state index in [9.17, 15) is 9.59 Å². The first-order chi connectivity index (χ1) is 12.7. The molecule has 0 bridgehead atoms. The minimum atomic E-state index is -0.571. The van der Waals surface area contributed by atoms with Gasteiger partial charge in [-0.05, 0) is 59.8 Å². The zero-order valence-corrected chi connectivity index (χ0v) is 16.4. The summed E-state index contributed by atoms with van der Waals surface area (Å²) in [6.07, 6.45) is 4.92. The maximum absolute atomic E-state index is 12.2. The number of amides is 2. The summed E-state index contributed by atoms with van der Waals surface area (Å²) in [5, 5.41) is 11.7. The Kier molecular flexibility index (Phi) is 7.22. The zero-order valence-electron chi connectivity index (χ0n) is 14.8. The summed E-state index contributed by atoms with van der Waals surface area (Å²) < 4.78 is 0. The fourth-order valence-corrected chi connectivity index (χ4v) is 4.61. The molecule has 0 saturated carbocycles. The van der Waals surface area contributed by atoms with Gasteiger partial charge in [-0.15, -0.1) is 11.3 Å². The monoisotopic (exact) mass is 391 g/mol. The van der Waals surface area contributed by atoms with Crippen molar-refractivity contribution in [3.05, 3.63) is 44.8 Å². The molecule has 0 radical (unpaired) electrons. The SMILES string of the molecule is O=C(NCc1cccs1)C(=O)NC[C@H](c1ccsc1)N1CCCCCC1. The molecule has 2 N–H and O–H groups in total. The van der Waals surface area contributed by atoms with E-state index in [1.807, 2.05) is 17.5 Å². The van der Waals surface area contributed by atoms with Gasteiger partial charge in [-0.3, -0.25) is 14.5 Å². The summed E-state index contributed by atoms with van der Waals surface area (Å²) >= 11 is 3.23. The van der Waals surface area contributed by atoms with E-state index in [4.69, 9.17) is 0 Å². The van der Waals surface area contributed by atoms with E-state index in [2.05, 4.69) is 32.4 Å². The van der Waals surface area contributed by atoms with Crippen LogP contribution >= 0.6 is 22.7 Å². The third-order valence-electron chi connectivity index (χ3n) is 4.67. The Morgan fingerprint density at radius 1 is 1.04 bits per heavy atom. The van der Waals surface area contributed by atoms with Gasteiger partial charge in [0, 0.05) is 11.4 Å². The minimum Gasteiger partial charge on any atom is -0.346 e. The molecule has 1 aliphatic heterocycles. The van der Waals surface area contributed by atoms with Crippen LogP contribution in [0.1, 0.15) is 42.2 Å². The number of rotatable bonds is 6. The fraction of sp³-hybridized carbons (Fsp3) is 0.474. The van der Waals surface area contributed by atoms with Gasteiger partial charge in [-0.25, -0.2) is 0 Å². The maximum Gasteiger partial charge on any atom is 0.309 e. The van der Waals surface area contributed by atoms with Crippen molar-refractivity contribution in [3.63, 3.8) is 0 Å². The summed E-state index contributed by atoms with van der Waals surface area (Å²) in [5.41, 5.74) is 1.22. The van der Waals surface area contributed by atoms with Gasteiger partial charge in [0.15, 0.2) is 0 Å². The van der Waals surface area contributed by atoms with Crippen molar-refractivity contribution < 1.29 is 9.59 Å². The van der Waals surface area contributed by atoms with E-state index < -0.39 is 11.8 Å². The molecule has 3 rings (SSSR count). The molecule has 0 unspecified atom stereocenters. The fourth-order valence-electron chi connectivity index (χ4n) is 3.26. The van der Waals surface area contributed by atoms with Crippen molar-refractivity contribution >= 4 is 34.5 Å². The molecule has 0 aliphatic carbocycles. The van der Waals surface area contributed by atoms with E-state index in [0.717, 1.165) is 18.0 Å². The van der Waals surface area contributed by atoms with Gasteiger partial charge in [-0.1, -0.05) is 18.9 Å². The van der Waals surface area contributed by atoms with E-state index in [1.165, 1.54) is 31.2 Å². The van der Waals surface area contributed by atoms with Crippen LogP contribution in [-0.2, 0) is 16.1 Å². The lowest BCUT2D eigenvalue weighted by atomic mass is 10.1. The van der Waals surface area contributed by atoms with Crippen LogP contribution in [0.15, 0.2) is 34.3 Å². The number of carbonyl (C=O) groups excluding carboxylic acids is 2. The molecule has 140 valence electrons. The van der Waals surface area contributed by atoms with Crippen LogP contribution < -0.4 is 10.6 Å². The molecule has 2 aromatic rings. The molecule has 5 nitrogen and oxygen atoms in total. The third-order valence-corrected chi connectivity index (χ3v) is 6.25. The molecule has 1 fully saturated rings. The normalized spacial score (nSPS) is 16.6. The van der Waals surface area contributed by atoms with Crippen LogP contribution in [0.2, 0.25) is 0 Å². The van der Waals surface area contributed by atoms with Gasteiger partial charge >= 0.3 is 11.8 Å². The number of likely N-dealkylation sites (tertiary alicyclic amines) is 1. The Labute approximate surface area is 162 Å². The van der Waals surface area contributed by atoms with E-state index in [1.54, 1.807) is 22.7 Å². The number of nitrogens with one attached hydrogen (secondary N) is 2. The molecule has 26 heavy (non-hydrogen) atoms. The summed E-state index contributed by atoms with van der Waals surface area (Å²) in [6, 6.07) is 6.12. The van der Waals surface area contributed by atoms with Crippen LogP contribution in [0, 0.1) is 0 Å². The van der Waals surface area contributed by atoms with Crippen LogP contribution in [0.3, 0.4) is 0 Å². The quantitative estimate of drug-likeness (QED) is 0.744. The Morgan fingerprint density at radius 3 is 2.46 bits per heavy atom. The van der Waals surface area contributed by atoms with Crippen LogP contribution in [0.25, 0.3) is 0 Å². The highest BCUT2D eigenvalue weighted by Gasteiger charge is 2.23. The van der Waals surface area contributed by atoms with Crippen LogP contribution in [0.5, 0.6) is 0 Å². The van der Waals surface area contributed by atoms with E-state index in [-0.39, 0.29) is 6.04 Å². The lowest BCUT2D eigenvalue weighted by Gasteiger charge is -2.30. The highest BCUT2D eigenvalue weighted by Crippen LogP contribution is 2.25. The average Bonchev–Trinajstić information content (AvgIpc) is 3.30. The Bertz CT molecular complexity index is 678. The molecule has 1 saturated heterocycles. The number of hydrogen-bond donors (Lipinski definition) is 2. The number of carbonyl (C=O) groups is 2. The molecule has 2 aromatic heterocycles. The first kappa shape index (κ1) is 19.1. The Hall–Kier alpha value is -1.70. The molecule has 0 spiro atoms. The first-order valence-corrected chi connectivity index (χ1v) is 10.9. The van der Waals surface area contributed by atoms with Crippen molar-refractivity contribution in [3.8, 4) is 0 Å². The largest absolute Gasteiger partial charge is 0.346 e. The van der Waals surface area contributed by atoms with Crippen molar-refractivity contribution in [1.82, 2.24) is 15.5 Å². The molecule has 3 heterocycles. The van der Waals surface area contributed by atoms with Gasteiger partial charge < -0.3 is 10.6 Å². The van der Waals surface area contributed by atoms with Crippen LogP contribution in [-0.4, -0.2) is 36.3 Å². The highest BCUT2D eigenvalue weighted by molar-refractivity contribution is 7.09. The summed E-state index contributed by atoms with van der Waals surface area (Å²) in [7, 11) is 0. The van der Waals surface area contributed by atoms with Gasteiger partial charge in [0.05, 0.1) is 12.6 Å². The predicted molar refractivity (Wildman–Crippen MR) is 106 cm³/mol. The third kappa shape index (κ3) is 5.40. The highest BCUT2D eigenvalue weighted by atomic mass is 32.1. The lowest BCUT2D eigenvalue weighted by molar-refractivity contribution is -0.139. The van der Waals surface area contributed by atoms with Crippen molar-refractivity contribution in [2.75, 3.05) is 19.6 Å². The Morgan fingerprint density at radius 2 is 1.81 bits per heavy atom. The van der Waals surface area contributed by atoms with Crippen molar-refractivity contribution in [2.24, 2.45) is 0 Å². The zero-order chi connectivity index (χ0) is 18.2. The average molecular weight is 392 g/mol. The van der Waals surface area contributed by atoms with E-state index >= 15 is 0 Å². The minimum absolute atomic E-state index is 0.133. The molecule has 0 aromatic carbocycles. The number of thiophene rings is 2. The van der Waals surface area contributed by atoms with Gasteiger partial charge in [0.2, 0.25) is 0 Å². The Balaban J connectivity index is 1.54. The van der Waals surface area contributed by atoms with E-state index in [0.29, 0.717) is 13.1 Å². The summed E-state index contributed by atoms with van der Waals surface area (Å²) in [6.45, 7) is 2.94. The second-order valence-corrected chi connectivity index (χ2v) is 8.31. The predicted octanol–water partition coefficient (Wildman–Crippen LogP) is 3.16.